The van der Waals surface area contributed by atoms with Crippen LogP contribution in [0.2, 0.25) is 0 Å². The van der Waals surface area contributed by atoms with Crippen LogP contribution >= 0.6 is 0 Å². The van der Waals surface area contributed by atoms with E-state index in [2.05, 4.69) is 10.5 Å². The van der Waals surface area contributed by atoms with Gasteiger partial charge in [0.25, 0.3) is 5.91 Å². The molecule has 4 rings (SSSR count). The van der Waals surface area contributed by atoms with Crippen molar-refractivity contribution in [1.82, 2.24) is 5.43 Å². The molecule has 3 aromatic rings. The molecule has 0 spiro atoms. The zero-order chi connectivity index (χ0) is 22.9. The topological polar surface area (TPSA) is 85.2 Å². The number of phenols is 2. The number of aromatic hydroxyl groups is 2. The van der Waals surface area contributed by atoms with Crippen LogP contribution in [0.5, 0.6) is 11.5 Å². The highest BCUT2D eigenvalue weighted by atomic mass is 19.4. The van der Waals surface area contributed by atoms with E-state index in [9.17, 15) is 28.2 Å². The standard InChI is InChI=1S/C23H18F3N3O3/c24-23(25,26)18-2-1-3-19(9-18)29-12-16-5-4-14(8-17(16)13-29)22(32)28-27-11-15-6-7-20(30)10-21(15)31/h1-11,30-31H,12-13H2,(H,28,32). The van der Waals surface area contributed by atoms with Crippen molar-refractivity contribution in [3.05, 3.63) is 88.5 Å². The van der Waals surface area contributed by atoms with Crippen molar-refractivity contribution < 1.29 is 28.2 Å². The van der Waals surface area contributed by atoms with Crippen LogP contribution in [0.25, 0.3) is 0 Å². The lowest BCUT2D eigenvalue weighted by Gasteiger charge is -2.19. The molecule has 0 bridgehead atoms. The Kier molecular flexibility index (Phi) is 5.48. The molecule has 32 heavy (non-hydrogen) atoms. The van der Waals surface area contributed by atoms with Gasteiger partial charge in [-0.05, 0) is 53.6 Å². The number of hydrogen-bond acceptors (Lipinski definition) is 5. The van der Waals surface area contributed by atoms with E-state index in [4.69, 9.17) is 0 Å². The summed E-state index contributed by atoms with van der Waals surface area (Å²) in [5, 5.41) is 22.8. The van der Waals surface area contributed by atoms with Crippen molar-refractivity contribution in [1.29, 1.82) is 0 Å². The van der Waals surface area contributed by atoms with Crippen LogP contribution in [0.1, 0.15) is 32.6 Å². The van der Waals surface area contributed by atoms with E-state index in [1.807, 2.05) is 4.90 Å². The minimum Gasteiger partial charge on any atom is -0.508 e. The Morgan fingerprint density at radius 1 is 1.00 bits per heavy atom. The number of benzene rings is 3. The van der Waals surface area contributed by atoms with Gasteiger partial charge in [0.1, 0.15) is 11.5 Å². The number of phenolic OH excluding ortho intramolecular Hbond substituents is 2. The van der Waals surface area contributed by atoms with Crippen LogP contribution in [0.3, 0.4) is 0 Å². The van der Waals surface area contributed by atoms with E-state index in [1.165, 1.54) is 24.4 Å². The Morgan fingerprint density at radius 2 is 1.78 bits per heavy atom. The van der Waals surface area contributed by atoms with Crippen molar-refractivity contribution in [3.63, 3.8) is 0 Å². The van der Waals surface area contributed by atoms with Gasteiger partial charge in [0.05, 0.1) is 11.8 Å². The molecule has 0 saturated carbocycles. The third-order valence-electron chi connectivity index (χ3n) is 5.11. The van der Waals surface area contributed by atoms with Crippen molar-refractivity contribution in [2.45, 2.75) is 19.3 Å². The van der Waals surface area contributed by atoms with Crippen LogP contribution < -0.4 is 10.3 Å². The third-order valence-corrected chi connectivity index (χ3v) is 5.11. The summed E-state index contributed by atoms with van der Waals surface area (Å²) in [6, 6.07) is 14.2. The highest BCUT2D eigenvalue weighted by Crippen LogP contribution is 2.34. The molecule has 0 saturated heterocycles. The Bertz CT molecular complexity index is 1210. The SMILES string of the molecule is O=C(NN=Cc1ccc(O)cc1O)c1ccc2c(c1)CN(c1cccc(C(F)(F)F)c1)C2. The monoisotopic (exact) mass is 441 g/mol. The number of hydrogen-bond donors (Lipinski definition) is 3. The molecule has 0 fully saturated rings. The Hall–Kier alpha value is -4.01. The lowest BCUT2D eigenvalue weighted by Crippen LogP contribution is -2.18. The van der Waals surface area contributed by atoms with E-state index in [1.54, 1.807) is 24.3 Å². The van der Waals surface area contributed by atoms with Crippen LogP contribution in [-0.2, 0) is 19.3 Å². The van der Waals surface area contributed by atoms with Gasteiger partial charge >= 0.3 is 6.18 Å². The molecule has 3 N–H and O–H groups in total. The number of nitrogens with zero attached hydrogens (tertiary/aromatic N) is 2. The number of carbonyl (C=O) groups excluding carboxylic acids is 1. The van der Waals surface area contributed by atoms with Crippen LogP contribution in [-0.4, -0.2) is 22.3 Å². The van der Waals surface area contributed by atoms with E-state index in [0.29, 0.717) is 29.9 Å². The fraction of sp³-hybridized carbons (Fsp3) is 0.130. The summed E-state index contributed by atoms with van der Waals surface area (Å²) < 4.78 is 39.0. The van der Waals surface area contributed by atoms with Crippen molar-refractivity contribution in [2.75, 3.05) is 4.90 Å². The van der Waals surface area contributed by atoms with Crippen molar-refractivity contribution in [3.8, 4) is 11.5 Å². The molecule has 0 aromatic heterocycles. The molecule has 9 heteroatoms. The lowest BCUT2D eigenvalue weighted by molar-refractivity contribution is -0.137. The molecular formula is C23H18F3N3O3. The highest BCUT2D eigenvalue weighted by Gasteiger charge is 2.31. The highest BCUT2D eigenvalue weighted by molar-refractivity contribution is 5.95. The maximum Gasteiger partial charge on any atom is 0.416 e. The quantitative estimate of drug-likeness (QED) is 0.414. The van der Waals surface area contributed by atoms with E-state index >= 15 is 0 Å². The van der Waals surface area contributed by atoms with E-state index in [0.717, 1.165) is 29.3 Å². The predicted octanol–water partition coefficient (Wildman–Crippen LogP) is 4.40. The first-order valence-corrected chi connectivity index (χ1v) is 9.60. The summed E-state index contributed by atoms with van der Waals surface area (Å²) in [6.45, 7) is 0.819. The van der Waals surface area contributed by atoms with Gasteiger partial charge in [-0.3, -0.25) is 4.79 Å². The minimum atomic E-state index is -4.41. The molecule has 1 aliphatic heterocycles. The van der Waals surface area contributed by atoms with E-state index in [-0.39, 0.29) is 11.5 Å². The number of fused-ring (bicyclic) bond motifs is 1. The lowest BCUT2D eigenvalue weighted by atomic mass is 10.1. The van der Waals surface area contributed by atoms with E-state index < -0.39 is 17.6 Å². The molecule has 1 aliphatic rings. The van der Waals surface area contributed by atoms with Gasteiger partial charge in [-0.25, -0.2) is 5.43 Å². The second kappa shape index (κ2) is 8.26. The molecular weight excluding hydrogens is 423 g/mol. The van der Waals surface area contributed by atoms with Crippen LogP contribution in [0.4, 0.5) is 18.9 Å². The number of nitrogens with one attached hydrogen (secondary N) is 1. The van der Waals surface area contributed by atoms with Gasteiger partial charge in [-0.15, -0.1) is 0 Å². The average Bonchev–Trinajstić information content (AvgIpc) is 3.18. The molecule has 1 amide bonds. The molecule has 0 aliphatic carbocycles. The van der Waals surface area contributed by atoms with Crippen molar-refractivity contribution >= 4 is 17.8 Å². The third kappa shape index (κ3) is 4.51. The number of rotatable bonds is 4. The van der Waals surface area contributed by atoms with Crippen LogP contribution in [0.15, 0.2) is 65.8 Å². The summed E-state index contributed by atoms with van der Waals surface area (Å²) in [5.74, 6) is -0.754. The van der Waals surface area contributed by atoms with Crippen LogP contribution in [0, 0.1) is 0 Å². The Morgan fingerprint density at radius 3 is 2.53 bits per heavy atom. The first kappa shape index (κ1) is 21.2. The zero-order valence-electron chi connectivity index (χ0n) is 16.6. The Balaban J connectivity index is 1.45. The largest absolute Gasteiger partial charge is 0.508 e. The zero-order valence-corrected chi connectivity index (χ0v) is 16.6. The van der Waals surface area contributed by atoms with Crippen molar-refractivity contribution in [2.24, 2.45) is 5.10 Å². The number of anilines is 1. The first-order valence-electron chi connectivity index (χ1n) is 9.60. The smallest absolute Gasteiger partial charge is 0.416 e. The maximum atomic E-state index is 13.0. The molecule has 1 heterocycles. The van der Waals surface area contributed by atoms with Gasteiger partial charge in [0.2, 0.25) is 0 Å². The summed E-state index contributed by atoms with van der Waals surface area (Å²) in [7, 11) is 0. The second-order valence-corrected chi connectivity index (χ2v) is 7.33. The van der Waals surface area contributed by atoms with Gasteiger partial charge in [-0.1, -0.05) is 12.1 Å². The summed E-state index contributed by atoms with van der Waals surface area (Å²) in [6.07, 6.45) is -3.17. The second-order valence-electron chi connectivity index (χ2n) is 7.33. The molecule has 164 valence electrons. The number of alkyl halides is 3. The molecule has 3 aromatic carbocycles. The van der Waals surface area contributed by atoms with Gasteiger partial charge in [-0.2, -0.15) is 18.3 Å². The van der Waals surface area contributed by atoms with Gasteiger partial charge in [0, 0.05) is 36.0 Å². The number of amides is 1. The normalized spacial score (nSPS) is 13.4. The average molecular weight is 441 g/mol. The minimum absolute atomic E-state index is 0.0963. The van der Waals surface area contributed by atoms with Gasteiger partial charge in [0.15, 0.2) is 0 Å². The maximum absolute atomic E-state index is 13.0. The van der Waals surface area contributed by atoms with Gasteiger partial charge < -0.3 is 15.1 Å². The first-order chi connectivity index (χ1) is 15.2. The fourth-order valence-electron chi connectivity index (χ4n) is 3.46. The Labute approximate surface area is 181 Å². The summed E-state index contributed by atoms with van der Waals surface area (Å²) in [4.78, 5) is 14.2. The summed E-state index contributed by atoms with van der Waals surface area (Å²) >= 11 is 0. The molecule has 0 radical (unpaired) electrons. The molecule has 6 nitrogen and oxygen atoms in total. The molecule has 0 unspecified atom stereocenters. The molecule has 0 atom stereocenters. The fourth-order valence-corrected chi connectivity index (χ4v) is 3.46. The number of halogens is 3. The number of hydrazone groups is 1. The number of carbonyl (C=O) groups is 1. The predicted molar refractivity (Wildman–Crippen MR) is 113 cm³/mol. The summed E-state index contributed by atoms with van der Waals surface area (Å²) in [5.41, 5.74) is 4.55.